The summed E-state index contributed by atoms with van der Waals surface area (Å²) in [5.74, 6) is 0.881. The number of allylic oxidation sites excluding steroid dienone is 2. The molecule has 45 heavy (non-hydrogen) atoms. The van der Waals surface area contributed by atoms with Crippen LogP contribution in [0.1, 0.15) is 53.5 Å². The Bertz CT molecular complexity index is 1480. The molecule has 1 aromatic heterocycles. The number of hydrogen-bond acceptors (Lipinski definition) is 9. The van der Waals surface area contributed by atoms with E-state index in [1.54, 1.807) is 61.7 Å². The topological polar surface area (TPSA) is 127 Å². The van der Waals surface area contributed by atoms with Crippen molar-refractivity contribution in [3.05, 3.63) is 94.8 Å². The number of aliphatic hydroxyl groups excluding tert-OH is 1. The highest BCUT2D eigenvalue weighted by Crippen LogP contribution is 2.22. The minimum absolute atomic E-state index is 0.188. The maximum Gasteiger partial charge on any atom is 0.163 e. The number of ether oxygens (including phenoxy) is 3. The Balaban J connectivity index is 1.13. The summed E-state index contributed by atoms with van der Waals surface area (Å²) in [7, 11) is 0. The number of benzene rings is 2. The van der Waals surface area contributed by atoms with Gasteiger partial charge in [-0.1, -0.05) is 24.3 Å². The SMILES string of the molecule is Cc1cc(/C=C/C(=O)CC(=O)/C=C/c2ccc(OCCOCCCc3cncc(OC[C@@H]4CCCN4)c3)c(CO)c2)ccc1O. The van der Waals surface area contributed by atoms with Gasteiger partial charge in [0.1, 0.15) is 30.5 Å². The zero-order valence-electron chi connectivity index (χ0n) is 25.7. The van der Waals surface area contributed by atoms with Crippen LogP contribution in [0.2, 0.25) is 0 Å². The van der Waals surface area contributed by atoms with E-state index in [2.05, 4.69) is 10.3 Å². The van der Waals surface area contributed by atoms with Crippen molar-refractivity contribution in [2.24, 2.45) is 0 Å². The number of hydrogen-bond donors (Lipinski definition) is 3. The third-order valence-electron chi connectivity index (χ3n) is 7.37. The van der Waals surface area contributed by atoms with Gasteiger partial charge in [-0.3, -0.25) is 14.6 Å². The average molecular weight is 615 g/mol. The quantitative estimate of drug-likeness (QED) is 0.103. The summed E-state index contributed by atoms with van der Waals surface area (Å²) in [6.07, 6.45) is 13.3. The van der Waals surface area contributed by atoms with Crippen LogP contribution in [0.25, 0.3) is 12.2 Å². The van der Waals surface area contributed by atoms with Crippen molar-refractivity contribution in [1.29, 1.82) is 0 Å². The molecule has 238 valence electrons. The Labute approximate surface area is 264 Å². The number of rotatable bonds is 18. The minimum atomic E-state index is -0.330. The standard InChI is InChI=1S/C36H42N2O7/c1-26-18-27(8-12-35(26)42)6-10-32(40)21-33(41)11-7-28-9-13-36(30(19-28)24-39)44-17-16-43-15-3-4-29-20-34(23-37-22-29)45-25-31-5-2-14-38-31/h6-13,18-20,22-23,31,38-39,42H,2-5,14-17,21,24-25H2,1H3/b10-6+,11-7+/t31-/m0/s1. The summed E-state index contributed by atoms with van der Waals surface area (Å²) in [5, 5.41) is 22.9. The molecule has 9 nitrogen and oxygen atoms in total. The van der Waals surface area contributed by atoms with Gasteiger partial charge in [-0.25, -0.2) is 0 Å². The fraction of sp³-hybridized carbons (Fsp3) is 0.361. The third kappa shape index (κ3) is 11.6. The van der Waals surface area contributed by atoms with Gasteiger partial charge in [-0.05, 0) is 104 Å². The number of phenols is 1. The van der Waals surface area contributed by atoms with Gasteiger partial charge >= 0.3 is 0 Å². The fourth-order valence-corrected chi connectivity index (χ4v) is 4.88. The lowest BCUT2D eigenvalue weighted by molar-refractivity contribution is -0.121. The van der Waals surface area contributed by atoms with Gasteiger partial charge in [0.25, 0.3) is 0 Å². The highest BCUT2D eigenvalue weighted by Gasteiger charge is 2.14. The molecule has 0 aliphatic carbocycles. The van der Waals surface area contributed by atoms with Crippen LogP contribution < -0.4 is 14.8 Å². The summed E-state index contributed by atoms with van der Waals surface area (Å²) in [6.45, 7) is 4.59. The first kappa shape index (κ1) is 33.6. The molecular formula is C36H42N2O7. The average Bonchev–Trinajstić information content (AvgIpc) is 3.57. The number of ketones is 2. The first-order valence-corrected chi connectivity index (χ1v) is 15.4. The summed E-state index contributed by atoms with van der Waals surface area (Å²) < 4.78 is 17.4. The lowest BCUT2D eigenvalue weighted by atomic mass is 10.1. The molecule has 0 unspecified atom stereocenters. The number of carbonyl (C=O) groups excluding carboxylic acids is 2. The van der Waals surface area contributed by atoms with Crippen LogP contribution in [-0.2, 0) is 27.4 Å². The Hall–Kier alpha value is -4.31. The zero-order valence-corrected chi connectivity index (χ0v) is 25.7. The van der Waals surface area contributed by atoms with Crippen LogP contribution in [0, 0.1) is 6.92 Å². The van der Waals surface area contributed by atoms with Crippen LogP contribution >= 0.6 is 0 Å². The molecule has 3 N–H and O–H groups in total. The Morgan fingerprint density at radius 1 is 0.978 bits per heavy atom. The molecule has 0 saturated carbocycles. The van der Waals surface area contributed by atoms with E-state index in [1.165, 1.54) is 18.6 Å². The van der Waals surface area contributed by atoms with E-state index >= 15 is 0 Å². The molecule has 2 heterocycles. The van der Waals surface area contributed by atoms with Gasteiger partial charge in [-0.2, -0.15) is 0 Å². The van der Waals surface area contributed by atoms with Gasteiger partial charge in [0, 0.05) is 24.4 Å². The molecule has 1 fully saturated rings. The van der Waals surface area contributed by atoms with Gasteiger partial charge in [0.15, 0.2) is 11.6 Å². The first-order chi connectivity index (χ1) is 21.9. The predicted octanol–water partition coefficient (Wildman–Crippen LogP) is 5.00. The molecule has 9 heteroatoms. The van der Waals surface area contributed by atoms with Gasteiger partial charge in [-0.15, -0.1) is 0 Å². The Kier molecular flexibility index (Phi) is 13.3. The molecule has 1 atom stereocenters. The molecule has 0 radical (unpaired) electrons. The minimum Gasteiger partial charge on any atom is -0.508 e. The van der Waals surface area contributed by atoms with E-state index in [-0.39, 0.29) is 30.3 Å². The molecule has 3 aromatic rings. The lowest BCUT2D eigenvalue weighted by Gasteiger charge is -2.12. The van der Waals surface area contributed by atoms with Crippen molar-refractivity contribution >= 4 is 23.7 Å². The maximum absolute atomic E-state index is 12.3. The van der Waals surface area contributed by atoms with Crippen LogP contribution in [0.4, 0.5) is 0 Å². The maximum atomic E-state index is 12.3. The molecule has 0 spiro atoms. The molecule has 0 amide bonds. The van der Waals surface area contributed by atoms with Crippen LogP contribution in [0.3, 0.4) is 0 Å². The van der Waals surface area contributed by atoms with E-state index in [9.17, 15) is 19.8 Å². The van der Waals surface area contributed by atoms with Gasteiger partial charge < -0.3 is 29.7 Å². The Morgan fingerprint density at radius 3 is 2.49 bits per heavy atom. The van der Waals surface area contributed by atoms with Crippen molar-refractivity contribution < 1.29 is 34.0 Å². The number of phenolic OH excluding ortho intramolecular Hbond substituents is 1. The monoisotopic (exact) mass is 614 g/mol. The number of nitrogens with one attached hydrogen (secondary N) is 1. The van der Waals surface area contributed by atoms with E-state index in [1.807, 2.05) is 12.3 Å². The smallest absolute Gasteiger partial charge is 0.163 e. The number of pyridine rings is 1. The molecule has 4 rings (SSSR count). The number of carbonyl (C=O) groups is 2. The van der Waals surface area contributed by atoms with Crippen molar-refractivity contribution in [1.82, 2.24) is 10.3 Å². The van der Waals surface area contributed by atoms with Crippen molar-refractivity contribution in [3.8, 4) is 17.2 Å². The van der Waals surface area contributed by atoms with Crippen LogP contribution in [0.15, 0.2) is 67.0 Å². The summed E-state index contributed by atoms with van der Waals surface area (Å²) in [6, 6.07) is 12.7. The normalized spacial score (nSPS) is 14.8. The number of aryl methyl sites for hydroxylation is 2. The molecular weight excluding hydrogens is 572 g/mol. The second-order valence-corrected chi connectivity index (χ2v) is 11.0. The number of aromatic nitrogens is 1. The number of nitrogens with zero attached hydrogens (tertiary/aromatic N) is 1. The van der Waals surface area contributed by atoms with E-state index in [0.717, 1.165) is 42.7 Å². The highest BCUT2D eigenvalue weighted by atomic mass is 16.5. The van der Waals surface area contributed by atoms with Crippen LogP contribution in [0.5, 0.6) is 17.2 Å². The summed E-state index contributed by atoms with van der Waals surface area (Å²) in [5.41, 5.74) is 3.87. The fourth-order valence-electron chi connectivity index (χ4n) is 4.88. The molecule has 1 saturated heterocycles. The predicted molar refractivity (Wildman–Crippen MR) is 173 cm³/mol. The number of aromatic hydroxyl groups is 1. The van der Waals surface area contributed by atoms with Crippen molar-refractivity contribution in [2.45, 2.75) is 51.7 Å². The van der Waals surface area contributed by atoms with Crippen LogP contribution in [-0.4, -0.2) is 65.8 Å². The molecule has 1 aliphatic rings. The number of aliphatic hydroxyl groups is 1. The summed E-state index contributed by atoms with van der Waals surface area (Å²) >= 11 is 0. The van der Waals surface area contributed by atoms with E-state index in [0.29, 0.717) is 54.9 Å². The second kappa shape index (κ2) is 17.9. The second-order valence-electron chi connectivity index (χ2n) is 11.0. The largest absolute Gasteiger partial charge is 0.508 e. The zero-order chi connectivity index (χ0) is 31.9. The van der Waals surface area contributed by atoms with Crippen molar-refractivity contribution in [2.75, 3.05) is 33.0 Å². The Morgan fingerprint density at radius 2 is 1.76 bits per heavy atom. The van der Waals surface area contributed by atoms with Gasteiger partial charge in [0.05, 0.1) is 25.8 Å². The van der Waals surface area contributed by atoms with Crippen molar-refractivity contribution in [3.63, 3.8) is 0 Å². The highest BCUT2D eigenvalue weighted by molar-refractivity contribution is 6.10. The van der Waals surface area contributed by atoms with E-state index < -0.39 is 0 Å². The van der Waals surface area contributed by atoms with E-state index in [4.69, 9.17) is 14.2 Å². The first-order valence-electron chi connectivity index (χ1n) is 15.4. The molecule has 1 aliphatic heterocycles. The lowest BCUT2D eigenvalue weighted by Crippen LogP contribution is -2.28. The van der Waals surface area contributed by atoms with Gasteiger partial charge in [0.2, 0.25) is 0 Å². The summed E-state index contributed by atoms with van der Waals surface area (Å²) in [4.78, 5) is 28.8. The molecule has 2 aromatic carbocycles. The molecule has 0 bridgehead atoms. The third-order valence-corrected chi connectivity index (χ3v) is 7.37.